The van der Waals surface area contributed by atoms with Crippen LogP contribution < -0.4 is 4.90 Å². The molecule has 0 saturated carbocycles. The van der Waals surface area contributed by atoms with Gasteiger partial charge in [0.1, 0.15) is 0 Å². The first-order valence-electron chi connectivity index (χ1n) is 10.3. The van der Waals surface area contributed by atoms with Crippen molar-refractivity contribution in [3.05, 3.63) is 77.4 Å². The molecule has 6 heteroatoms. The lowest BCUT2D eigenvalue weighted by Gasteiger charge is -2.36. The number of aromatic nitrogens is 2. The fourth-order valence-corrected chi connectivity index (χ4v) is 4.83. The minimum absolute atomic E-state index is 0.112. The molecule has 1 aliphatic heterocycles. The molecule has 1 saturated heterocycles. The third-order valence-corrected chi connectivity index (χ3v) is 6.55. The molecule has 2 aromatic heterocycles. The second-order valence-electron chi connectivity index (χ2n) is 7.69. The van der Waals surface area contributed by atoms with Crippen molar-refractivity contribution in [1.82, 2.24) is 14.3 Å². The van der Waals surface area contributed by atoms with Gasteiger partial charge in [0.25, 0.3) is 0 Å². The summed E-state index contributed by atoms with van der Waals surface area (Å²) in [5, 5.41) is 2.10. The number of thiazole rings is 1. The van der Waals surface area contributed by atoms with E-state index in [-0.39, 0.29) is 5.78 Å². The van der Waals surface area contributed by atoms with E-state index in [1.807, 2.05) is 18.2 Å². The van der Waals surface area contributed by atoms with E-state index in [1.165, 1.54) is 16.9 Å². The molecule has 0 amide bonds. The molecule has 0 unspecified atom stereocenters. The molecule has 0 N–H and O–H groups in total. The van der Waals surface area contributed by atoms with E-state index in [2.05, 4.69) is 62.2 Å². The fraction of sp³-hybridized carbons (Fsp3) is 0.250. The Kier molecular flexibility index (Phi) is 5.11. The molecule has 152 valence electrons. The van der Waals surface area contributed by atoms with Crippen LogP contribution in [0.15, 0.2) is 66.2 Å². The van der Waals surface area contributed by atoms with Gasteiger partial charge < -0.3 is 4.90 Å². The maximum Gasteiger partial charge on any atom is 0.194 e. The summed E-state index contributed by atoms with van der Waals surface area (Å²) in [5.74, 6) is 0.112. The zero-order valence-corrected chi connectivity index (χ0v) is 17.8. The van der Waals surface area contributed by atoms with Crippen molar-refractivity contribution >= 4 is 27.8 Å². The maximum atomic E-state index is 11.5. The van der Waals surface area contributed by atoms with Crippen molar-refractivity contribution < 1.29 is 4.79 Å². The van der Waals surface area contributed by atoms with E-state index >= 15 is 0 Å². The summed E-state index contributed by atoms with van der Waals surface area (Å²) >= 11 is 1.68. The van der Waals surface area contributed by atoms with Gasteiger partial charge in [-0.1, -0.05) is 30.3 Å². The highest BCUT2D eigenvalue weighted by Gasteiger charge is 2.22. The smallest absolute Gasteiger partial charge is 0.194 e. The van der Waals surface area contributed by atoms with Crippen molar-refractivity contribution in [1.29, 1.82) is 0 Å². The summed E-state index contributed by atoms with van der Waals surface area (Å²) in [4.78, 5) is 22.4. The maximum absolute atomic E-state index is 11.5. The molecule has 0 radical (unpaired) electrons. The van der Waals surface area contributed by atoms with Crippen LogP contribution in [0.25, 0.3) is 16.2 Å². The molecule has 30 heavy (non-hydrogen) atoms. The van der Waals surface area contributed by atoms with Crippen LogP contribution in [0.4, 0.5) is 5.69 Å². The van der Waals surface area contributed by atoms with Gasteiger partial charge in [0.15, 0.2) is 10.7 Å². The summed E-state index contributed by atoms with van der Waals surface area (Å²) < 4.78 is 2.24. The minimum Gasteiger partial charge on any atom is -0.369 e. The van der Waals surface area contributed by atoms with Crippen LogP contribution in [-0.4, -0.2) is 46.2 Å². The second kappa shape index (κ2) is 8.05. The lowest BCUT2D eigenvalue weighted by Crippen LogP contribution is -2.46. The molecule has 5 rings (SSSR count). The molecule has 0 aliphatic carbocycles. The molecule has 1 fully saturated rings. The summed E-state index contributed by atoms with van der Waals surface area (Å²) in [6, 6.07) is 18.4. The van der Waals surface area contributed by atoms with Gasteiger partial charge in [-0.3, -0.25) is 14.1 Å². The molecular formula is C24H24N4OS. The first-order chi connectivity index (χ1) is 14.7. The number of hydrogen-bond acceptors (Lipinski definition) is 5. The van der Waals surface area contributed by atoms with Crippen LogP contribution in [-0.2, 0) is 6.54 Å². The van der Waals surface area contributed by atoms with Crippen molar-refractivity contribution in [3.63, 3.8) is 0 Å². The first-order valence-corrected chi connectivity index (χ1v) is 11.1. The zero-order valence-electron chi connectivity index (χ0n) is 17.0. The Morgan fingerprint density at radius 2 is 1.73 bits per heavy atom. The molecule has 0 bridgehead atoms. The van der Waals surface area contributed by atoms with E-state index in [1.54, 1.807) is 18.3 Å². The Hall–Kier alpha value is -2.96. The van der Waals surface area contributed by atoms with Gasteiger partial charge in [-0.05, 0) is 31.2 Å². The number of nitrogens with zero attached hydrogens (tertiary/aromatic N) is 4. The average molecular weight is 417 g/mol. The number of carbonyl (C=O) groups is 1. The number of ketones is 1. The standard InChI is InChI=1S/C24H24N4OS/c1-18(29)19-7-9-21(10-8-19)27-13-11-26(12-14-27)17-22-23(20-5-3-2-4-6-20)25-24-28(22)15-16-30-24/h2-10,15-16H,11-14,17H2,1H3. The Bertz CT molecular complexity index is 1160. The van der Waals surface area contributed by atoms with Gasteiger partial charge in [-0.25, -0.2) is 4.98 Å². The third kappa shape index (κ3) is 3.64. The van der Waals surface area contributed by atoms with Crippen molar-refractivity contribution in [2.75, 3.05) is 31.1 Å². The molecule has 0 spiro atoms. The average Bonchev–Trinajstić information content (AvgIpc) is 3.38. The van der Waals surface area contributed by atoms with Gasteiger partial charge in [0, 0.05) is 61.1 Å². The summed E-state index contributed by atoms with van der Waals surface area (Å²) in [7, 11) is 0. The van der Waals surface area contributed by atoms with Gasteiger partial charge in [0.05, 0.1) is 11.4 Å². The van der Waals surface area contributed by atoms with Crippen LogP contribution in [0.3, 0.4) is 0 Å². The van der Waals surface area contributed by atoms with Gasteiger partial charge in [0.2, 0.25) is 0 Å². The fourth-order valence-electron chi connectivity index (χ4n) is 4.09. The van der Waals surface area contributed by atoms with E-state index in [0.717, 1.165) is 48.9 Å². The molecule has 2 aromatic carbocycles. The number of rotatable bonds is 5. The van der Waals surface area contributed by atoms with E-state index in [0.29, 0.717) is 0 Å². The molecular weight excluding hydrogens is 392 g/mol. The molecule has 1 aliphatic rings. The molecule has 4 aromatic rings. The van der Waals surface area contributed by atoms with Crippen LogP contribution in [0.1, 0.15) is 23.0 Å². The van der Waals surface area contributed by atoms with Crippen LogP contribution >= 0.6 is 11.3 Å². The van der Waals surface area contributed by atoms with Crippen molar-refractivity contribution in [2.45, 2.75) is 13.5 Å². The summed E-state index contributed by atoms with van der Waals surface area (Å²) in [6.07, 6.45) is 2.13. The number of piperazine rings is 1. The Morgan fingerprint density at radius 3 is 2.43 bits per heavy atom. The highest BCUT2D eigenvalue weighted by molar-refractivity contribution is 7.15. The number of benzene rings is 2. The van der Waals surface area contributed by atoms with Crippen molar-refractivity contribution in [2.24, 2.45) is 0 Å². The third-order valence-electron chi connectivity index (χ3n) is 5.79. The molecule has 5 nitrogen and oxygen atoms in total. The number of fused-ring (bicyclic) bond motifs is 1. The summed E-state index contributed by atoms with van der Waals surface area (Å²) in [5.41, 5.74) is 5.48. The van der Waals surface area contributed by atoms with Crippen molar-refractivity contribution in [3.8, 4) is 11.3 Å². The topological polar surface area (TPSA) is 40.9 Å². The number of imidazole rings is 1. The van der Waals surface area contributed by atoms with Gasteiger partial charge in [-0.15, -0.1) is 11.3 Å². The Labute approximate surface area is 180 Å². The van der Waals surface area contributed by atoms with E-state index in [9.17, 15) is 4.79 Å². The second-order valence-corrected chi connectivity index (χ2v) is 8.57. The first kappa shape index (κ1) is 19.0. The van der Waals surface area contributed by atoms with E-state index < -0.39 is 0 Å². The number of Topliss-reactive ketones (excluding diaryl/α,β-unsaturated/α-hetero) is 1. The zero-order chi connectivity index (χ0) is 20.5. The van der Waals surface area contributed by atoms with Gasteiger partial charge >= 0.3 is 0 Å². The number of anilines is 1. The predicted molar refractivity (Wildman–Crippen MR) is 122 cm³/mol. The number of hydrogen-bond donors (Lipinski definition) is 0. The Morgan fingerprint density at radius 1 is 1.00 bits per heavy atom. The SMILES string of the molecule is CC(=O)c1ccc(N2CCN(Cc3c(-c4ccccc4)nc4sccn34)CC2)cc1. The number of carbonyl (C=O) groups excluding carboxylic acids is 1. The lowest BCUT2D eigenvalue weighted by molar-refractivity contribution is 0.101. The normalized spacial score (nSPS) is 15.0. The quantitative estimate of drug-likeness (QED) is 0.446. The van der Waals surface area contributed by atoms with Crippen LogP contribution in [0.5, 0.6) is 0 Å². The largest absolute Gasteiger partial charge is 0.369 e. The predicted octanol–water partition coefficient (Wildman–Crippen LogP) is 4.59. The Balaban J connectivity index is 1.32. The highest BCUT2D eigenvalue weighted by Crippen LogP contribution is 2.28. The molecule has 3 heterocycles. The van der Waals surface area contributed by atoms with Crippen LogP contribution in [0, 0.1) is 0 Å². The lowest BCUT2D eigenvalue weighted by atomic mass is 10.1. The van der Waals surface area contributed by atoms with E-state index in [4.69, 9.17) is 4.98 Å². The summed E-state index contributed by atoms with van der Waals surface area (Å²) in [6.45, 7) is 6.45. The minimum atomic E-state index is 0.112. The molecule has 0 atom stereocenters. The highest BCUT2D eigenvalue weighted by atomic mass is 32.1. The van der Waals surface area contributed by atoms with Crippen LogP contribution in [0.2, 0.25) is 0 Å². The van der Waals surface area contributed by atoms with Gasteiger partial charge in [-0.2, -0.15) is 0 Å². The monoisotopic (exact) mass is 416 g/mol.